The molecule has 0 heterocycles. The van der Waals surface area contributed by atoms with E-state index in [-0.39, 0.29) is 0 Å². The molecule has 16 heavy (non-hydrogen) atoms. The van der Waals surface area contributed by atoms with Gasteiger partial charge >= 0.3 is 0 Å². The van der Waals surface area contributed by atoms with Crippen LogP contribution in [0.15, 0.2) is 48.5 Å². The highest BCUT2D eigenvalue weighted by atomic mass is 15.4. The highest BCUT2D eigenvalue weighted by molar-refractivity contribution is 5.62. The Kier molecular flexibility index (Phi) is 2.93. The zero-order chi connectivity index (χ0) is 11.5. The van der Waals surface area contributed by atoms with Crippen molar-refractivity contribution in [3.8, 4) is 0 Å². The summed E-state index contributed by atoms with van der Waals surface area (Å²) in [4.78, 5) is 0. The predicted octanol–water partition coefficient (Wildman–Crippen LogP) is 3.32. The van der Waals surface area contributed by atoms with Gasteiger partial charge in [-0.2, -0.15) is 0 Å². The minimum absolute atomic E-state index is 0.993. The molecule has 0 fully saturated rings. The third-order valence-electron chi connectivity index (χ3n) is 2.52. The first-order chi connectivity index (χ1) is 7.66. The molecule has 0 aliphatic carbocycles. The number of anilines is 2. The minimum Gasteiger partial charge on any atom is -0.280 e. The van der Waals surface area contributed by atoms with Crippen molar-refractivity contribution in [2.45, 2.75) is 13.8 Å². The van der Waals surface area contributed by atoms with Crippen molar-refractivity contribution in [2.75, 3.05) is 5.01 Å². The monoisotopic (exact) mass is 212 g/mol. The Morgan fingerprint density at radius 1 is 0.812 bits per heavy atom. The second-order valence-electron chi connectivity index (χ2n) is 4.05. The number of para-hydroxylation sites is 1. The van der Waals surface area contributed by atoms with Gasteiger partial charge in [-0.25, -0.2) is 5.84 Å². The van der Waals surface area contributed by atoms with Crippen molar-refractivity contribution in [1.82, 2.24) is 0 Å². The lowest BCUT2D eigenvalue weighted by molar-refractivity contribution is 1.08. The zero-order valence-corrected chi connectivity index (χ0v) is 9.64. The van der Waals surface area contributed by atoms with Crippen LogP contribution >= 0.6 is 0 Å². The molecular weight excluding hydrogens is 196 g/mol. The van der Waals surface area contributed by atoms with Crippen LogP contribution in [0.1, 0.15) is 11.1 Å². The number of nitrogens with zero attached hydrogens (tertiary/aromatic N) is 1. The van der Waals surface area contributed by atoms with E-state index in [4.69, 9.17) is 5.84 Å². The molecule has 2 rings (SSSR count). The van der Waals surface area contributed by atoms with Gasteiger partial charge in [0.2, 0.25) is 0 Å². The first-order valence-electron chi connectivity index (χ1n) is 5.35. The highest BCUT2D eigenvalue weighted by Crippen LogP contribution is 2.23. The molecule has 0 aromatic heterocycles. The summed E-state index contributed by atoms with van der Waals surface area (Å²) in [5, 5.41) is 1.71. The number of rotatable bonds is 2. The van der Waals surface area contributed by atoms with E-state index in [2.05, 4.69) is 32.0 Å². The van der Waals surface area contributed by atoms with Crippen LogP contribution in [-0.2, 0) is 0 Å². The standard InChI is InChI=1S/C14H16N2/c1-11-8-12(2)10-14(9-11)16(15)13-6-4-3-5-7-13/h3-10H,15H2,1-2H3. The van der Waals surface area contributed by atoms with Crippen molar-refractivity contribution < 1.29 is 0 Å². The van der Waals surface area contributed by atoms with Gasteiger partial charge in [0, 0.05) is 0 Å². The van der Waals surface area contributed by atoms with Crippen molar-refractivity contribution in [1.29, 1.82) is 0 Å². The maximum atomic E-state index is 6.09. The van der Waals surface area contributed by atoms with Gasteiger partial charge in [0.15, 0.2) is 0 Å². The maximum Gasteiger partial charge on any atom is 0.0580 e. The van der Waals surface area contributed by atoms with Crippen molar-refractivity contribution in [2.24, 2.45) is 5.84 Å². The van der Waals surface area contributed by atoms with E-state index in [0.717, 1.165) is 11.4 Å². The first kappa shape index (κ1) is 10.7. The molecule has 2 nitrogen and oxygen atoms in total. The quantitative estimate of drug-likeness (QED) is 0.611. The molecule has 0 aliphatic rings. The second kappa shape index (κ2) is 4.37. The van der Waals surface area contributed by atoms with Crippen LogP contribution in [0, 0.1) is 13.8 Å². The van der Waals surface area contributed by atoms with Crippen LogP contribution in [0.3, 0.4) is 0 Å². The van der Waals surface area contributed by atoms with E-state index in [0.29, 0.717) is 0 Å². The molecular formula is C14H16N2. The molecule has 0 radical (unpaired) electrons. The van der Waals surface area contributed by atoms with E-state index in [1.165, 1.54) is 11.1 Å². The predicted molar refractivity (Wildman–Crippen MR) is 68.7 cm³/mol. The Morgan fingerprint density at radius 2 is 1.38 bits per heavy atom. The highest BCUT2D eigenvalue weighted by Gasteiger charge is 2.04. The smallest absolute Gasteiger partial charge is 0.0580 e. The van der Waals surface area contributed by atoms with Crippen molar-refractivity contribution in [3.63, 3.8) is 0 Å². The zero-order valence-electron chi connectivity index (χ0n) is 9.64. The molecule has 0 saturated heterocycles. The summed E-state index contributed by atoms with van der Waals surface area (Å²) >= 11 is 0. The minimum atomic E-state index is 0.993. The van der Waals surface area contributed by atoms with Gasteiger partial charge in [0.25, 0.3) is 0 Å². The van der Waals surface area contributed by atoms with Crippen LogP contribution in [0.25, 0.3) is 0 Å². The van der Waals surface area contributed by atoms with Gasteiger partial charge in [-0.3, -0.25) is 5.01 Å². The molecule has 0 amide bonds. The van der Waals surface area contributed by atoms with Gasteiger partial charge in [-0.15, -0.1) is 0 Å². The number of nitrogens with two attached hydrogens (primary N) is 1. The number of hydrogen-bond donors (Lipinski definition) is 1. The number of hydrazine groups is 1. The normalized spacial score (nSPS) is 10.2. The van der Waals surface area contributed by atoms with E-state index >= 15 is 0 Å². The van der Waals surface area contributed by atoms with Gasteiger partial charge in [-0.05, 0) is 49.2 Å². The van der Waals surface area contributed by atoms with Gasteiger partial charge in [-0.1, -0.05) is 24.3 Å². The number of aryl methyl sites for hydroxylation is 2. The summed E-state index contributed by atoms with van der Waals surface area (Å²) < 4.78 is 0. The second-order valence-corrected chi connectivity index (χ2v) is 4.05. The Hall–Kier alpha value is -1.80. The summed E-state index contributed by atoms with van der Waals surface area (Å²) in [6, 6.07) is 16.3. The van der Waals surface area contributed by atoms with Crippen LogP contribution in [0.5, 0.6) is 0 Å². The molecule has 82 valence electrons. The summed E-state index contributed by atoms with van der Waals surface area (Å²) in [5.41, 5.74) is 4.46. The van der Waals surface area contributed by atoms with E-state index in [9.17, 15) is 0 Å². The fraction of sp³-hybridized carbons (Fsp3) is 0.143. The average molecular weight is 212 g/mol. The molecule has 2 aromatic carbocycles. The molecule has 0 unspecified atom stereocenters. The van der Waals surface area contributed by atoms with Crippen molar-refractivity contribution in [3.05, 3.63) is 59.7 Å². The Labute approximate surface area is 96.3 Å². The Balaban J connectivity index is 2.37. The van der Waals surface area contributed by atoms with E-state index < -0.39 is 0 Å². The van der Waals surface area contributed by atoms with Crippen molar-refractivity contribution >= 4 is 11.4 Å². The molecule has 2 N–H and O–H groups in total. The SMILES string of the molecule is Cc1cc(C)cc(N(N)c2ccccc2)c1. The molecule has 0 aliphatic heterocycles. The third-order valence-corrected chi connectivity index (χ3v) is 2.52. The van der Waals surface area contributed by atoms with E-state index in [1.807, 2.05) is 30.3 Å². The summed E-state index contributed by atoms with van der Waals surface area (Å²) in [7, 11) is 0. The van der Waals surface area contributed by atoms with Crippen LogP contribution in [0.4, 0.5) is 11.4 Å². The number of hydrogen-bond acceptors (Lipinski definition) is 2. The van der Waals surface area contributed by atoms with Crippen LogP contribution in [-0.4, -0.2) is 0 Å². The fourth-order valence-corrected chi connectivity index (χ4v) is 1.83. The lowest BCUT2D eigenvalue weighted by Crippen LogP contribution is -2.24. The topological polar surface area (TPSA) is 29.3 Å². The third kappa shape index (κ3) is 2.23. The Bertz CT molecular complexity index is 457. The molecule has 0 bridgehead atoms. The van der Waals surface area contributed by atoms with Crippen LogP contribution in [0.2, 0.25) is 0 Å². The summed E-state index contributed by atoms with van der Waals surface area (Å²) in [6.45, 7) is 4.16. The van der Waals surface area contributed by atoms with Gasteiger partial charge in [0.1, 0.15) is 0 Å². The first-order valence-corrected chi connectivity index (χ1v) is 5.35. The summed E-state index contributed by atoms with van der Waals surface area (Å²) in [5.74, 6) is 6.09. The molecule has 2 heteroatoms. The fourth-order valence-electron chi connectivity index (χ4n) is 1.83. The average Bonchev–Trinajstić information content (AvgIpc) is 2.28. The lowest BCUT2D eigenvalue weighted by atomic mass is 10.1. The maximum absolute atomic E-state index is 6.09. The van der Waals surface area contributed by atoms with Gasteiger partial charge in [0.05, 0.1) is 11.4 Å². The van der Waals surface area contributed by atoms with Crippen LogP contribution < -0.4 is 10.9 Å². The van der Waals surface area contributed by atoms with Gasteiger partial charge < -0.3 is 0 Å². The van der Waals surface area contributed by atoms with E-state index in [1.54, 1.807) is 5.01 Å². The molecule has 0 atom stereocenters. The lowest BCUT2D eigenvalue weighted by Gasteiger charge is -2.19. The Morgan fingerprint density at radius 3 is 1.94 bits per heavy atom. The summed E-state index contributed by atoms with van der Waals surface area (Å²) in [6.07, 6.45) is 0. The molecule has 2 aromatic rings. The number of benzene rings is 2. The molecule has 0 spiro atoms. The largest absolute Gasteiger partial charge is 0.280 e. The molecule has 0 saturated carbocycles.